The van der Waals surface area contributed by atoms with Gasteiger partial charge in [0.15, 0.2) is 10.9 Å². The number of morpholine rings is 1. The fourth-order valence-corrected chi connectivity index (χ4v) is 6.59. The molecule has 5 rings (SSSR count). The standard InChI is InChI=1S/C25H26N4O4S2/c1-17-14-21(24(30)16-34-25-26-22-8-3-4-9-23(22)27-25)18(2)29(17)19-6-5-7-20(15-19)35(31,32)28-10-12-33-13-11-28/h3-9,14-15H,10-13,16H2,1-2H3,(H,26,27). The molecule has 1 aliphatic rings. The Kier molecular flexibility index (Phi) is 6.54. The van der Waals surface area contributed by atoms with E-state index in [-0.39, 0.29) is 16.4 Å². The van der Waals surface area contributed by atoms with E-state index in [4.69, 9.17) is 4.74 Å². The van der Waals surface area contributed by atoms with E-state index in [1.54, 1.807) is 18.2 Å². The average molecular weight is 511 g/mol. The Morgan fingerprint density at radius 1 is 1.09 bits per heavy atom. The Morgan fingerprint density at radius 3 is 2.63 bits per heavy atom. The summed E-state index contributed by atoms with van der Waals surface area (Å²) in [5.41, 5.74) is 4.77. The number of hydrogen-bond donors (Lipinski definition) is 1. The molecule has 1 saturated heterocycles. The lowest BCUT2D eigenvalue weighted by Crippen LogP contribution is -2.40. The van der Waals surface area contributed by atoms with Crippen molar-refractivity contribution in [2.24, 2.45) is 0 Å². The number of para-hydroxylation sites is 2. The zero-order chi connectivity index (χ0) is 24.6. The lowest BCUT2D eigenvalue weighted by Gasteiger charge is -2.26. The molecule has 0 bridgehead atoms. The summed E-state index contributed by atoms with van der Waals surface area (Å²) in [4.78, 5) is 21.1. The van der Waals surface area contributed by atoms with Crippen molar-refractivity contribution in [3.05, 3.63) is 71.5 Å². The lowest BCUT2D eigenvalue weighted by atomic mass is 10.2. The summed E-state index contributed by atoms with van der Waals surface area (Å²) in [6.45, 7) is 5.28. The number of benzene rings is 2. The third kappa shape index (κ3) is 4.66. The Bertz CT molecular complexity index is 1470. The molecule has 0 atom stereocenters. The van der Waals surface area contributed by atoms with Crippen LogP contribution in [0.4, 0.5) is 0 Å². The van der Waals surface area contributed by atoms with Crippen molar-refractivity contribution in [3.63, 3.8) is 0 Å². The molecule has 1 N–H and O–H groups in total. The van der Waals surface area contributed by atoms with Gasteiger partial charge in [-0.3, -0.25) is 4.79 Å². The highest BCUT2D eigenvalue weighted by molar-refractivity contribution is 7.99. The predicted molar refractivity (Wildman–Crippen MR) is 136 cm³/mol. The minimum Gasteiger partial charge on any atom is -0.379 e. The van der Waals surface area contributed by atoms with Crippen LogP contribution in [0.5, 0.6) is 0 Å². The highest BCUT2D eigenvalue weighted by Gasteiger charge is 2.27. The first-order valence-corrected chi connectivity index (χ1v) is 13.8. The van der Waals surface area contributed by atoms with Gasteiger partial charge in [0.05, 0.1) is 34.9 Å². The van der Waals surface area contributed by atoms with Crippen LogP contribution < -0.4 is 0 Å². The van der Waals surface area contributed by atoms with Crippen molar-refractivity contribution in [3.8, 4) is 5.69 Å². The molecule has 0 aliphatic carbocycles. The number of carbonyl (C=O) groups is 1. The number of nitrogens with zero attached hydrogens (tertiary/aromatic N) is 3. The fraction of sp³-hybridized carbons (Fsp3) is 0.280. The Labute approximate surface area is 208 Å². The largest absolute Gasteiger partial charge is 0.379 e. The van der Waals surface area contributed by atoms with Gasteiger partial charge in [0.2, 0.25) is 10.0 Å². The van der Waals surface area contributed by atoms with E-state index < -0.39 is 10.0 Å². The number of ether oxygens (including phenoxy) is 1. The SMILES string of the molecule is Cc1cc(C(=O)CSc2nc3ccccc3[nH]2)c(C)n1-c1cccc(S(=O)(=O)N2CCOCC2)c1. The average Bonchev–Trinajstić information content (AvgIpc) is 3.42. The zero-order valence-electron chi connectivity index (χ0n) is 19.5. The molecule has 0 spiro atoms. The van der Waals surface area contributed by atoms with Crippen LogP contribution in [0.15, 0.2) is 64.6 Å². The van der Waals surface area contributed by atoms with Crippen molar-refractivity contribution >= 4 is 38.6 Å². The van der Waals surface area contributed by atoms with Crippen molar-refractivity contribution in [1.29, 1.82) is 0 Å². The molecular weight excluding hydrogens is 484 g/mol. The van der Waals surface area contributed by atoms with E-state index in [1.165, 1.54) is 16.1 Å². The van der Waals surface area contributed by atoms with Gasteiger partial charge in [-0.05, 0) is 50.2 Å². The summed E-state index contributed by atoms with van der Waals surface area (Å²) in [7, 11) is -3.62. The van der Waals surface area contributed by atoms with Crippen molar-refractivity contribution in [2.75, 3.05) is 32.1 Å². The molecular formula is C25H26N4O4S2. The molecule has 0 unspecified atom stereocenters. The highest BCUT2D eigenvalue weighted by atomic mass is 32.2. The molecule has 0 saturated carbocycles. The number of rotatable bonds is 7. The number of aromatic nitrogens is 3. The van der Waals surface area contributed by atoms with Crippen molar-refractivity contribution in [1.82, 2.24) is 18.8 Å². The van der Waals surface area contributed by atoms with Gasteiger partial charge < -0.3 is 14.3 Å². The van der Waals surface area contributed by atoms with Crippen LogP contribution in [0.3, 0.4) is 0 Å². The number of hydrogen-bond acceptors (Lipinski definition) is 6. The second-order valence-electron chi connectivity index (χ2n) is 8.40. The zero-order valence-corrected chi connectivity index (χ0v) is 21.2. The van der Waals surface area contributed by atoms with E-state index in [0.29, 0.717) is 42.7 Å². The first-order valence-electron chi connectivity index (χ1n) is 11.3. The molecule has 10 heteroatoms. The van der Waals surface area contributed by atoms with Crippen molar-refractivity contribution < 1.29 is 17.9 Å². The van der Waals surface area contributed by atoms with Gasteiger partial charge in [-0.15, -0.1) is 0 Å². The fourth-order valence-electron chi connectivity index (χ4n) is 4.37. The molecule has 1 fully saturated rings. The van der Waals surface area contributed by atoms with Crippen LogP contribution in [0, 0.1) is 13.8 Å². The Balaban J connectivity index is 1.38. The minimum atomic E-state index is -3.62. The Hall–Kier alpha value is -2.92. The maximum atomic E-state index is 13.1. The van der Waals surface area contributed by atoms with Crippen LogP contribution in [-0.4, -0.2) is 65.1 Å². The summed E-state index contributed by atoms with van der Waals surface area (Å²) in [5.74, 6) is 0.238. The normalized spacial score (nSPS) is 15.0. The first-order chi connectivity index (χ1) is 16.8. The van der Waals surface area contributed by atoms with Crippen LogP contribution in [0.2, 0.25) is 0 Å². The van der Waals surface area contributed by atoms with Crippen LogP contribution in [0.25, 0.3) is 16.7 Å². The number of nitrogens with one attached hydrogen (secondary N) is 1. The van der Waals surface area contributed by atoms with E-state index in [0.717, 1.165) is 22.4 Å². The van der Waals surface area contributed by atoms with Crippen LogP contribution in [-0.2, 0) is 14.8 Å². The molecule has 0 amide bonds. The number of aryl methyl sites for hydroxylation is 1. The van der Waals surface area contributed by atoms with Crippen LogP contribution >= 0.6 is 11.8 Å². The molecule has 3 heterocycles. The topological polar surface area (TPSA) is 97.3 Å². The van der Waals surface area contributed by atoms with Gasteiger partial charge in [-0.1, -0.05) is 30.0 Å². The molecule has 4 aromatic rings. The van der Waals surface area contributed by atoms with Crippen LogP contribution in [0.1, 0.15) is 21.7 Å². The summed E-state index contributed by atoms with van der Waals surface area (Å²) in [5, 5.41) is 0.703. The maximum absolute atomic E-state index is 13.1. The minimum absolute atomic E-state index is 0.00750. The lowest BCUT2D eigenvalue weighted by molar-refractivity contribution is 0.0730. The number of ketones is 1. The third-order valence-electron chi connectivity index (χ3n) is 6.12. The smallest absolute Gasteiger partial charge is 0.243 e. The predicted octanol–water partition coefficient (Wildman–Crippen LogP) is 3.97. The number of Topliss-reactive ketones (excluding diaryl/α,β-unsaturated/α-hetero) is 1. The third-order valence-corrected chi connectivity index (χ3v) is 8.89. The van der Waals surface area contributed by atoms with Gasteiger partial charge >= 0.3 is 0 Å². The number of imidazole rings is 1. The summed E-state index contributed by atoms with van der Waals surface area (Å²) < 4.78 is 34.9. The van der Waals surface area contributed by atoms with Gasteiger partial charge in [0, 0.05) is 35.7 Å². The molecule has 182 valence electrons. The van der Waals surface area contributed by atoms with Crippen molar-refractivity contribution in [2.45, 2.75) is 23.9 Å². The second-order valence-corrected chi connectivity index (χ2v) is 11.3. The maximum Gasteiger partial charge on any atom is 0.243 e. The number of carbonyl (C=O) groups excluding carboxylic acids is 1. The quantitative estimate of drug-likeness (QED) is 0.299. The van der Waals surface area contributed by atoms with E-state index in [9.17, 15) is 13.2 Å². The van der Waals surface area contributed by atoms with E-state index >= 15 is 0 Å². The summed E-state index contributed by atoms with van der Waals surface area (Å²) in [6.07, 6.45) is 0. The van der Waals surface area contributed by atoms with E-state index in [1.807, 2.05) is 54.8 Å². The Morgan fingerprint density at radius 2 is 1.86 bits per heavy atom. The summed E-state index contributed by atoms with van der Waals surface area (Å²) >= 11 is 1.37. The molecule has 8 nitrogen and oxygen atoms in total. The van der Waals surface area contributed by atoms with E-state index in [2.05, 4.69) is 9.97 Å². The number of sulfonamides is 1. The number of thioether (sulfide) groups is 1. The second kappa shape index (κ2) is 9.62. The molecule has 35 heavy (non-hydrogen) atoms. The number of H-pyrrole nitrogens is 1. The molecule has 2 aromatic heterocycles. The van der Waals surface area contributed by atoms with Gasteiger partial charge in [-0.2, -0.15) is 4.31 Å². The number of fused-ring (bicyclic) bond motifs is 1. The number of aromatic amines is 1. The van der Waals surface area contributed by atoms with Gasteiger partial charge in [-0.25, -0.2) is 13.4 Å². The molecule has 0 radical (unpaired) electrons. The highest BCUT2D eigenvalue weighted by Crippen LogP contribution is 2.27. The van der Waals surface area contributed by atoms with Gasteiger partial charge in [0.25, 0.3) is 0 Å². The first kappa shape index (κ1) is 23.8. The summed E-state index contributed by atoms with van der Waals surface area (Å²) in [6, 6.07) is 16.5. The van der Waals surface area contributed by atoms with Gasteiger partial charge in [0.1, 0.15) is 0 Å². The molecule has 1 aliphatic heterocycles. The monoisotopic (exact) mass is 510 g/mol. The molecule has 2 aromatic carbocycles.